The van der Waals surface area contributed by atoms with Crippen molar-refractivity contribution in [3.63, 3.8) is 0 Å². The first-order valence-electron chi connectivity index (χ1n) is 13.0. The lowest BCUT2D eigenvalue weighted by molar-refractivity contribution is -0.140. The summed E-state index contributed by atoms with van der Waals surface area (Å²) in [6, 6.07) is 19.9. The summed E-state index contributed by atoms with van der Waals surface area (Å²) in [5, 5.41) is 3.33. The van der Waals surface area contributed by atoms with Gasteiger partial charge in [-0.3, -0.25) is 13.9 Å². The van der Waals surface area contributed by atoms with Gasteiger partial charge >= 0.3 is 0 Å². The van der Waals surface area contributed by atoms with Gasteiger partial charge in [-0.1, -0.05) is 60.1 Å². The molecule has 3 aromatic rings. The van der Waals surface area contributed by atoms with E-state index in [2.05, 4.69) is 5.32 Å². The van der Waals surface area contributed by atoms with Gasteiger partial charge in [0.2, 0.25) is 21.8 Å². The molecule has 0 aliphatic rings. The minimum Gasteiger partial charge on any atom is -0.497 e. The summed E-state index contributed by atoms with van der Waals surface area (Å²) in [7, 11) is -1.13. The average Bonchev–Trinajstić information content (AvgIpc) is 2.93. The Balaban J connectivity index is 2.12. The first kappa shape index (κ1) is 31.8. The lowest BCUT2D eigenvalue weighted by Crippen LogP contribution is -2.54. The monoisotopic (exact) mass is 601 g/mol. The molecule has 2 amide bonds. The quantitative estimate of drug-likeness (QED) is 0.313. The first-order chi connectivity index (χ1) is 19.4. The van der Waals surface area contributed by atoms with Gasteiger partial charge in [0.05, 0.1) is 26.2 Å². The van der Waals surface area contributed by atoms with E-state index in [-0.39, 0.29) is 36.4 Å². The number of anilines is 1. The normalized spacial score (nSPS) is 12.0. The van der Waals surface area contributed by atoms with E-state index in [0.717, 1.165) is 16.1 Å². The summed E-state index contributed by atoms with van der Waals surface area (Å²) >= 11 is 6.47. The number of rotatable bonds is 13. The van der Waals surface area contributed by atoms with Crippen molar-refractivity contribution in [2.45, 2.75) is 38.9 Å². The Kier molecular flexibility index (Phi) is 11.0. The molecule has 0 spiro atoms. The van der Waals surface area contributed by atoms with Gasteiger partial charge in [0.25, 0.3) is 0 Å². The van der Waals surface area contributed by atoms with Crippen molar-refractivity contribution in [2.75, 3.05) is 31.3 Å². The second-order valence-corrected chi connectivity index (χ2v) is 12.1. The molecule has 3 rings (SSSR count). The Bertz CT molecular complexity index is 1450. The highest BCUT2D eigenvalue weighted by atomic mass is 35.5. The van der Waals surface area contributed by atoms with Crippen LogP contribution in [0.3, 0.4) is 0 Å². The molecular weight excluding hydrogens is 566 g/mol. The Morgan fingerprint density at radius 1 is 0.951 bits per heavy atom. The molecule has 11 heteroatoms. The zero-order chi connectivity index (χ0) is 30.2. The van der Waals surface area contributed by atoms with Crippen LogP contribution >= 0.6 is 11.6 Å². The maximum absolute atomic E-state index is 14.2. The number of halogens is 1. The lowest BCUT2D eigenvalue weighted by Gasteiger charge is -2.34. The van der Waals surface area contributed by atoms with Crippen molar-refractivity contribution in [3.05, 3.63) is 88.9 Å². The Hall–Kier alpha value is -3.76. The lowest BCUT2D eigenvalue weighted by atomic mass is 10.0. The number of carbonyl (C=O) groups is 2. The number of hydrogen-bond acceptors (Lipinski definition) is 6. The number of benzene rings is 3. The van der Waals surface area contributed by atoms with E-state index < -0.39 is 28.5 Å². The number of hydrogen-bond donors (Lipinski definition) is 1. The molecule has 3 aromatic carbocycles. The molecule has 0 aromatic heterocycles. The van der Waals surface area contributed by atoms with Crippen LogP contribution in [-0.4, -0.2) is 64.2 Å². The fourth-order valence-corrected chi connectivity index (χ4v) is 5.37. The van der Waals surface area contributed by atoms with Crippen LogP contribution < -0.4 is 19.1 Å². The molecule has 0 fully saturated rings. The number of methoxy groups -OCH3 is 2. The summed E-state index contributed by atoms with van der Waals surface area (Å²) in [5.74, 6) is -0.345. The molecule has 0 saturated heterocycles. The van der Waals surface area contributed by atoms with Gasteiger partial charge in [0.1, 0.15) is 24.1 Å². The van der Waals surface area contributed by atoms with Crippen LogP contribution in [-0.2, 0) is 32.6 Å². The number of amides is 2. The van der Waals surface area contributed by atoms with Crippen LogP contribution in [0.15, 0.2) is 72.8 Å². The van der Waals surface area contributed by atoms with Crippen LogP contribution in [0.4, 0.5) is 5.69 Å². The van der Waals surface area contributed by atoms with Gasteiger partial charge in [-0.15, -0.1) is 0 Å². The predicted molar refractivity (Wildman–Crippen MR) is 161 cm³/mol. The van der Waals surface area contributed by atoms with Crippen molar-refractivity contribution in [3.8, 4) is 11.5 Å². The average molecular weight is 602 g/mol. The maximum Gasteiger partial charge on any atom is 0.244 e. The standard InChI is InChI=1S/C30H36ClN3O6S/c1-21(2)32-30(36)27(17-22-11-7-6-8-12-22)33(19-23-13-9-10-14-25(23)31)29(35)20-34(41(5,37)38)26-18-24(39-3)15-16-28(26)40-4/h6-16,18,21,27H,17,19-20H2,1-5H3,(H,32,36)/t27-/m0/s1. The SMILES string of the molecule is COc1ccc(OC)c(N(CC(=O)N(Cc2ccccc2Cl)[C@@H](Cc2ccccc2)C(=O)NC(C)C)S(C)(=O)=O)c1. The van der Waals surface area contributed by atoms with E-state index in [1.54, 1.807) is 36.4 Å². The van der Waals surface area contributed by atoms with Crippen LogP contribution in [0, 0.1) is 0 Å². The molecule has 1 atom stereocenters. The van der Waals surface area contributed by atoms with Crippen molar-refractivity contribution < 1.29 is 27.5 Å². The molecule has 0 saturated carbocycles. The van der Waals surface area contributed by atoms with E-state index in [1.165, 1.54) is 25.2 Å². The van der Waals surface area contributed by atoms with Crippen molar-refractivity contribution in [1.82, 2.24) is 10.2 Å². The molecule has 9 nitrogen and oxygen atoms in total. The van der Waals surface area contributed by atoms with E-state index in [9.17, 15) is 18.0 Å². The van der Waals surface area contributed by atoms with E-state index >= 15 is 0 Å². The molecule has 0 radical (unpaired) electrons. The summed E-state index contributed by atoms with van der Waals surface area (Å²) < 4.78 is 37.8. The summed E-state index contributed by atoms with van der Waals surface area (Å²) in [6.07, 6.45) is 1.21. The fraction of sp³-hybridized carbons (Fsp3) is 0.333. The van der Waals surface area contributed by atoms with E-state index in [0.29, 0.717) is 16.3 Å². The molecule has 0 unspecified atom stereocenters. The Morgan fingerprint density at radius 3 is 2.20 bits per heavy atom. The third-order valence-corrected chi connectivity index (χ3v) is 7.83. The second-order valence-electron chi connectivity index (χ2n) is 9.79. The third kappa shape index (κ3) is 8.61. The van der Waals surface area contributed by atoms with Gasteiger partial charge in [-0.2, -0.15) is 0 Å². The smallest absolute Gasteiger partial charge is 0.244 e. The van der Waals surface area contributed by atoms with Gasteiger partial charge < -0.3 is 19.7 Å². The molecular formula is C30H36ClN3O6S. The summed E-state index contributed by atoms with van der Waals surface area (Å²) in [5.41, 5.74) is 1.58. The van der Waals surface area contributed by atoms with E-state index in [4.69, 9.17) is 21.1 Å². The number of carbonyl (C=O) groups excluding carboxylic acids is 2. The summed E-state index contributed by atoms with van der Waals surface area (Å²) in [4.78, 5) is 29.2. The van der Waals surface area contributed by atoms with Crippen molar-refractivity contribution >= 4 is 39.1 Å². The third-order valence-electron chi connectivity index (χ3n) is 6.33. The zero-order valence-corrected chi connectivity index (χ0v) is 25.4. The summed E-state index contributed by atoms with van der Waals surface area (Å²) in [6.45, 7) is 3.05. The van der Waals surface area contributed by atoms with Crippen LogP contribution in [0.1, 0.15) is 25.0 Å². The molecule has 0 aliphatic carbocycles. The molecule has 0 bridgehead atoms. The minimum absolute atomic E-state index is 0.0195. The van der Waals surface area contributed by atoms with Gasteiger partial charge in [0.15, 0.2) is 0 Å². The first-order valence-corrected chi connectivity index (χ1v) is 15.2. The van der Waals surface area contributed by atoms with Crippen LogP contribution in [0.5, 0.6) is 11.5 Å². The van der Waals surface area contributed by atoms with Crippen LogP contribution in [0.25, 0.3) is 0 Å². The zero-order valence-electron chi connectivity index (χ0n) is 23.8. The topological polar surface area (TPSA) is 105 Å². The molecule has 0 aliphatic heterocycles. The van der Waals surface area contributed by atoms with Gasteiger partial charge in [-0.05, 0) is 43.2 Å². The Morgan fingerprint density at radius 2 is 1.61 bits per heavy atom. The number of sulfonamides is 1. The minimum atomic E-state index is -3.99. The Labute approximate surface area is 247 Å². The number of ether oxygens (including phenoxy) is 2. The van der Waals surface area contributed by atoms with Crippen molar-refractivity contribution in [2.24, 2.45) is 0 Å². The highest BCUT2D eigenvalue weighted by Gasteiger charge is 2.34. The number of nitrogens with one attached hydrogen (secondary N) is 1. The fourth-order valence-electron chi connectivity index (χ4n) is 4.33. The highest BCUT2D eigenvalue weighted by molar-refractivity contribution is 7.92. The highest BCUT2D eigenvalue weighted by Crippen LogP contribution is 2.34. The van der Waals surface area contributed by atoms with E-state index in [1.807, 2.05) is 44.2 Å². The van der Waals surface area contributed by atoms with Gasteiger partial charge in [-0.25, -0.2) is 8.42 Å². The molecule has 0 heterocycles. The largest absolute Gasteiger partial charge is 0.497 e. The maximum atomic E-state index is 14.2. The van der Waals surface area contributed by atoms with Crippen molar-refractivity contribution in [1.29, 1.82) is 0 Å². The molecule has 220 valence electrons. The molecule has 1 N–H and O–H groups in total. The van der Waals surface area contributed by atoms with Gasteiger partial charge in [0, 0.05) is 30.1 Å². The molecule has 41 heavy (non-hydrogen) atoms. The predicted octanol–water partition coefficient (Wildman–Crippen LogP) is 4.29. The number of nitrogens with zero attached hydrogens (tertiary/aromatic N) is 2. The van der Waals surface area contributed by atoms with Crippen LogP contribution in [0.2, 0.25) is 5.02 Å². The second kappa shape index (κ2) is 14.2.